The summed E-state index contributed by atoms with van der Waals surface area (Å²) in [4.78, 5) is 11.1. The average Bonchev–Trinajstić information content (AvgIpc) is 2.02. The number of halogens is 2. The zero-order chi connectivity index (χ0) is 10.1. The molecule has 0 spiro atoms. The van der Waals surface area contributed by atoms with Crippen LogP contribution in [0.3, 0.4) is 0 Å². The lowest BCUT2D eigenvalue weighted by Gasteiger charge is -2.36. The highest BCUT2D eigenvalue weighted by molar-refractivity contribution is 5.65. The van der Waals surface area contributed by atoms with Crippen LogP contribution in [0.4, 0.5) is 13.6 Å². The summed E-state index contributed by atoms with van der Waals surface area (Å²) in [6, 6.07) is 0. The van der Waals surface area contributed by atoms with E-state index < -0.39 is 24.5 Å². The van der Waals surface area contributed by atoms with Crippen LogP contribution in [-0.4, -0.2) is 41.7 Å². The van der Waals surface area contributed by atoms with Crippen LogP contribution in [0.25, 0.3) is 0 Å². The van der Waals surface area contributed by atoms with Crippen LogP contribution in [0.2, 0.25) is 0 Å². The number of hydrogen-bond acceptors (Lipinski definition) is 2. The SMILES string of the molecule is NCC1CCN(C(=O)O)CC1(F)F. The first-order valence-electron chi connectivity index (χ1n) is 4.03. The number of nitrogens with two attached hydrogens (primary N) is 1. The molecular formula is C7H12F2N2O2. The number of amides is 1. The fraction of sp³-hybridized carbons (Fsp3) is 0.857. The molecule has 1 unspecified atom stereocenters. The Bertz CT molecular complexity index is 211. The number of alkyl halides is 2. The Labute approximate surface area is 74.3 Å². The molecule has 0 aromatic carbocycles. The molecule has 1 heterocycles. The summed E-state index contributed by atoms with van der Waals surface area (Å²) in [5, 5.41) is 8.49. The Hall–Kier alpha value is -0.910. The van der Waals surface area contributed by atoms with Crippen LogP contribution in [-0.2, 0) is 0 Å². The van der Waals surface area contributed by atoms with Gasteiger partial charge in [0.05, 0.1) is 6.54 Å². The van der Waals surface area contributed by atoms with Crippen molar-refractivity contribution >= 4 is 6.09 Å². The fourth-order valence-corrected chi connectivity index (χ4v) is 1.44. The summed E-state index contributed by atoms with van der Waals surface area (Å²) < 4.78 is 26.2. The molecule has 1 aliphatic rings. The van der Waals surface area contributed by atoms with Crippen LogP contribution < -0.4 is 5.73 Å². The van der Waals surface area contributed by atoms with E-state index in [1.165, 1.54) is 0 Å². The van der Waals surface area contributed by atoms with Gasteiger partial charge in [0, 0.05) is 19.0 Å². The normalized spacial score (nSPS) is 27.3. The van der Waals surface area contributed by atoms with Crippen LogP contribution in [0, 0.1) is 5.92 Å². The summed E-state index contributed by atoms with van der Waals surface area (Å²) in [5.41, 5.74) is 5.15. The summed E-state index contributed by atoms with van der Waals surface area (Å²) in [6.07, 6.45) is -1.16. The molecule has 0 aromatic rings. The largest absolute Gasteiger partial charge is 0.465 e. The third kappa shape index (κ3) is 2.06. The molecule has 3 N–H and O–H groups in total. The number of carbonyl (C=O) groups is 1. The van der Waals surface area contributed by atoms with E-state index in [4.69, 9.17) is 10.8 Å². The Morgan fingerprint density at radius 3 is 2.69 bits per heavy atom. The molecule has 13 heavy (non-hydrogen) atoms. The lowest BCUT2D eigenvalue weighted by atomic mass is 9.93. The first-order valence-corrected chi connectivity index (χ1v) is 4.03. The molecule has 0 aromatic heterocycles. The maximum absolute atomic E-state index is 13.1. The molecule has 1 aliphatic heterocycles. The lowest BCUT2D eigenvalue weighted by Crippen LogP contribution is -2.52. The highest BCUT2D eigenvalue weighted by atomic mass is 19.3. The molecule has 0 saturated carbocycles. The van der Waals surface area contributed by atoms with Crippen LogP contribution >= 0.6 is 0 Å². The van der Waals surface area contributed by atoms with E-state index in [1.807, 2.05) is 0 Å². The molecule has 0 radical (unpaired) electrons. The Morgan fingerprint density at radius 2 is 2.31 bits per heavy atom. The van der Waals surface area contributed by atoms with Crippen LogP contribution in [0.1, 0.15) is 6.42 Å². The van der Waals surface area contributed by atoms with E-state index in [0.29, 0.717) is 0 Å². The van der Waals surface area contributed by atoms with Gasteiger partial charge in [-0.1, -0.05) is 0 Å². The van der Waals surface area contributed by atoms with Gasteiger partial charge in [-0.2, -0.15) is 0 Å². The molecule has 4 nitrogen and oxygen atoms in total. The van der Waals surface area contributed by atoms with Gasteiger partial charge in [-0.3, -0.25) is 0 Å². The van der Waals surface area contributed by atoms with E-state index in [0.717, 1.165) is 4.90 Å². The van der Waals surface area contributed by atoms with Gasteiger partial charge in [0.25, 0.3) is 5.92 Å². The second-order valence-corrected chi connectivity index (χ2v) is 3.19. The van der Waals surface area contributed by atoms with E-state index in [9.17, 15) is 13.6 Å². The van der Waals surface area contributed by atoms with Gasteiger partial charge in [0.1, 0.15) is 0 Å². The first kappa shape index (κ1) is 10.2. The highest BCUT2D eigenvalue weighted by Crippen LogP contribution is 2.31. The highest BCUT2D eigenvalue weighted by Gasteiger charge is 2.44. The first-order chi connectivity index (χ1) is 5.97. The van der Waals surface area contributed by atoms with Gasteiger partial charge < -0.3 is 15.7 Å². The second kappa shape index (κ2) is 3.45. The predicted octanol–water partition coefficient (Wildman–Crippen LogP) is 0.580. The van der Waals surface area contributed by atoms with Crippen LogP contribution in [0.5, 0.6) is 0 Å². The molecule has 0 aliphatic carbocycles. The monoisotopic (exact) mass is 194 g/mol. The van der Waals surface area contributed by atoms with Crippen molar-refractivity contribution in [2.45, 2.75) is 12.3 Å². The number of nitrogens with zero attached hydrogens (tertiary/aromatic N) is 1. The van der Waals surface area contributed by atoms with Crippen molar-refractivity contribution in [3.05, 3.63) is 0 Å². The fourth-order valence-electron chi connectivity index (χ4n) is 1.44. The Kier molecular flexibility index (Phi) is 2.70. The molecule has 0 bridgehead atoms. The quantitative estimate of drug-likeness (QED) is 0.641. The van der Waals surface area contributed by atoms with Gasteiger partial charge in [0.15, 0.2) is 0 Å². The van der Waals surface area contributed by atoms with E-state index in [1.54, 1.807) is 0 Å². The summed E-state index contributed by atoms with van der Waals surface area (Å²) in [5.74, 6) is -3.87. The minimum Gasteiger partial charge on any atom is -0.465 e. The zero-order valence-electron chi connectivity index (χ0n) is 7.04. The van der Waals surface area contributed by atoms with E-state index >= 15 is 0 Å². The maximum Gasteiger partial charge on any atom is 0.407 e. The molecule has 76 valence electrons. The van der Waals surface area contributed by atoms with Crippen molar-refractivity contribution in [1.82, 2.24) is 4.90 Å². The van der Waals surface area contributed by atoms with E-state index in [-0.39, 0.29) is 19.5 Å². The molecular weight excluding hydrogens is 182 g/mol. The van der Waals surface area contributed by atoms with Gasteiger partial charge in [-0.25, -0.2) is 13.6 Å². The van der Waals surface area contributed by atoms with Gasteiger partial charge in [-0.05, 0) is 6.42 Å². The van der Waals surface area contributed by atoms with Crippen LogP contribution in [0.15, 0.2) is 0 Å². The van der Waals surface area contributed by atoms with Crippen molar-refractivity contribution in [2.24, 2.45) is 11.7 Å². The average molecular weight is 194 g/mol. The van der Waals surface area contributed by atoms with Crippen molar-refractivity contribution in [1.29, 1.82) is 0 Å². The maximum atomic E-state index is 13.1. The summed E-state index contributed by atoms with van der Waals surface area (Å²) in [7, 11) is 0. The third-order valence-corrected chi connectivity index (χ3v) is 2.30. The topological polar surface area (TPSA) is 66.6 Å². The number of piperidine rings is 1. The third-order valence-electron chi connectivity index (χ3n) is 2.30. The molecule has 6 heteroatoms. The summed E-state index contributed by atoms with van der Waals surface area (Å²) in [6.45, 7) is -0.683. The van der Waals surface area contributed by atoms with E-state index in [2.05, 4.69) is 0 Å². The van der Waals surface area contributed by atoms with Crippen molar-refractivity contribution < 1.29 is 18.7 Å². The lowest BCUT2D eigenvalue weighted by molar-refractivity contribution is -0.100. The van der Waals surface area contributed by atoms with Gasteiger partial charge in [-0.15, -0.1) is 0 Å². The number of hydrogen-bond donors (Lipinski definition) is 2. The number of likely N-dealkylation sites (tertiary alicyclic amines) is 1. The van der Waals surface area contributed by atoms with Gasteiger partial charge >= 0.3 is 6.09 Å². The number of carboxylic acid groups (broad SMARTS) is 1. The van der Waals surface area contributed by atoms with Crippen molar-refractivity contribution in [2.75, 3.05) is 19.6 Å². The minimum atomic E-state index is -2.98. The molecule has 1 saturated heterocycles. The van der Waals surface area contributed by atoms with Crippen molar-refractivity contribution in [3.8, 4) is 0 Å². The van der Waals surface area contributed by atoms with Crippen molar-refractivity contribution in [3.63, 3.8) is 0 Å². The summed E-state index contributed by atoms with van der Waals surface area (Å²) >= 11 is 0. The predicted molar refractivity (Wildman–Crippen MR) is 41.7 cm³/mol. The minimum absolute atomic E-state index is 0.0968. The van der Waals surface area contributed by atoms with Gasteiger partial charge in [0.2, 0.25) is 0 Å². The molecule has 1 fully saturated rings. The zero-order valence-corrected chi connectivity index (χ0v) is 7.04. The molecule has 1 rings (SSSR count). The standard InChI is InChI=1S/C7H12F2N2O2/c8-7(9)4-11(6(12)13)2-1-5(7)3-10/h5H,1-4,10H2,(H,12,13). The Morgan fingerprint density at radius 1 is 1.69 bits per heavy atom. The smallest absolute Gasteiger partial charge is 0.407 e. The Balaban J connectivity index is 2.64. The number of rotatable bonds is 1. The second-order valence-electron chi connectivity index (χ2n) is 3.19. The molecule has 1 amide bonds. The molecule has 1 atom stereocenters.